The summed E-state index contributed by atoms with van der Waals surface area (Å²) in [5.41, 5.74) is 0.831. The average molecular weight is 242 g/mol. The highest BCUT2D eigenvalue weighted by atomic mass is 35.5. The van der Waals surface area contributed by atoms with Crippen molar-refractivity contribution in [3.8, 4) is 0 Å². The lowest BCUT2D eigenvalue weighted by molar-refractivity contribution is 0.0812. The topological polar surface area (TPSA) is 42.4 Å². The van der Waals surface area contributed by atoms with E-state index in [1.165, 1.54) is 0 Å². The molecular formula is C12H16ClNO2. The quantitative estimate of drug-likeness (QED) is 0.825. The normalized spacial score (nSPS) is 22.2. The number of hydrogen-bond acceptors (Lipinski definition) is 3. The van der Waals surface area contributed by atoms with Crippen LogP contribution in [-0.4, -0.2) is 22.8 Å². The van der Waals surface area contributed by atoms with Crippen LogP contribution in [0.3, 0.4) is 0 Å². The summed E-state index contributed by atoms with van der Waals surface area (Å²) in [6.07, 6.45) is 5.35. The van der Waals surface area contributed by atoms with Gasteiger partial charge in [-0.1, -0.05) is 11.6 Å². The molecule has 0 spiro atoms. The molecule has 0 aliphatic carbocycles. The Kier molecular flexibility index (Phi) is 4.16. The van der Waals surface area contributed by atoms with Crippen LogP contribution in [0.15, 0.2) is 18.3 Å². The Morgan fingerprint density at radius 1 is 1.62 bits per heavy atom. The van der Waals surface area contributed by atoms with E-state index in [2.05, 4.69) is 4.98 Å². The first-order chi connectivity index (χ1) is 7.75. The molecule has 88 valence electrons. The van der Waals surface area contributed by atoms with Crippen LogP contribution in [-0.2, 0) is 4.74 Å². The van der Waals surface area contributed by atoms with Gasteiger partial charge in [-0.3, -0.25) is 0 Å². The largest absolute Gasteiger partial charge is 0.388 e. The second-order valence-corrected chi connectivity index (χ2v) is 4.53. The Bertz CT molecular complexity index is 340. The molecule has 4 heteroatoms. The standard InChI is InChI=1S/C12H16ClNO2/c13-12-8-9(5-6-14-12)11(15)4-3-10-2-1-7-16-10/h5-6,8,10-11,15H,1-4,7H2. The van der Waals surface area contributed by atoms with Gasteiger partial charge in [0.05, 0.1) is 12.2 Å². The molecule has 2 heterocycles. The van der Waals surface area contributed by atoms with E-state index in [4.69, 9.17) is 16.3 Å². The number of aliphatic hydroxyl groups excluding tert-OH is 1. The predicted octanol–water partition coefficient (Wildman–Crippen LogP) is 2.73. The van der Waals surface area contributed by atoms with E-state index >= 15 is 0 Å². The molecule has 0 aromatic carbocycles. The van der Waals surface area contributed by atoms with Gasteiger partial charge in [0.15, 0.2) is 0 Å². The number of ether oxygens (including phenoxy) is 1. The van der Waals surface area contributed by atoms with E-state index in [0.717, 1.165) is 31.4 Å². The Labute approximate surface area is 100 Å². The van der Waals surface area contributed by atoms with Crippen LogP contribution in [0.4, 0.5) is 0 Å². The molecule has 1 aromatic heterocycles. The fourth-order valence-corrected chi connectivity index (χ4v) is 2.19. The number of aromatic nitrogens is 1. The Morgan fingerprint density at radius 3 is 3.19 bits per heavy atom. The van der Waals surface area contributed by atoms with Crippen LogP contribution in [0.1, 0.15) is 37.4 Å². The minimum Gasteiger partial charge on any atom is -0.388 e. The molecule has 1 fully saturated rings. The Hall–Kier alpha value is -0.640. The van der Waals surface area contributed by atoms with Gasteiger partial charge in [-0.15, -0.1) is 0 Å². The third kappa shape index (κ3) is 3.17. The maximum absolute atomic E-state index is 9.96. The van der Waals surface area contributed by atoms with Crippen LogP contribution in [0, 0.1) is 0 Å². The molecule has 0 bridgehead atoms. The van der Waals surface area contributed by atoms with Crippen LogP contribution < -0.4 is 0 Å². The van der Waals surface area contributed by atoms with Crippen LogP contribution in [0.25, 0.3) is 0 Å². The van der Waals surface area contributed by atoms with Crippen molar-refractivity contribution in [2.75, 3.05) is 6.61 Å². The van der Waals surface area contributed by atoms with Crippen molar-refractivity contribution in [1.82, 2.24) is 4.98 Å². The van der Waals surface area contributed by atoms with Gasteiger partial charge in [0.25, 0.3) is 0 Å². The average Bonchev–Trinajstić information content (AvgIpc) is 2.78. The first kappa shape index (κ1) is 11.8. The third-order valence-electron chi connectivity index (χ3n) is 2.92. The molecule has 16 heavy (non-hydrogen) atoms. The maximum Gasteiger partial charge on any atom is 0.129 e. The molecule has 2 rings (SSSR count). The summed E-state index contributed by atoms with van der Waals surface area (Å²) in [4.78, 5) is 3.89. The molecular weight excluding hydrogens is 226 g/mol. The molecule has 1 aromatic rings. The van der Waals surface area contributed by atoms with Gasteiger partial charge in [0.1, 0.15) is 5.15 Å². The van der Waals surface area contributed by atoms with Crippen molar-refractivity contribution < 1.29 is 9.84 Å². The summed E-state index contributed by atoms with van der Waals surface area (Å²) in [5, 5.41) is 10.4. The van der Waals surface area contributed by atoms with Crippen molar-refractivity contribution in [2.45, 2.75) is 37.9 Å². The molecule has 0 amide bonds. The van der Waals surface area contributed by atoms with Gasteiger partial charge >= 0.3 is 0 Å². The lowest BCUT2D eigenvalue weighted by Gasteiger charge is -2.14. The third-order valence-corrected chi connectivity index (χ3v) is 3.13. The van der Waals surface area contributed by atoms with E-state index in [0.29, 0.717) is 17.7 Å². The van der Waals surface area contributed by atoms with Crippen molar-refractivity contribution in [2.24, 2.45) is 0 Å². The molecule has 1 aliphatic rings. The first-order valence-corrected chi connectivity index (χ1v) is 6.04. The number of rotatable bonds is 4. The summed E-state index contributed by atoms with van der Waals surface area (Å²) in [6, 6.07) is 3.51. The van der Waals surface area contributed by atoms with Gasteiger partial charge in [-0.25, -0.2) is 4.98 Å². The summed E-state index contributed by atoms with van der Waals surface area (Å²) in [5.74, 6) is 0. The molecule has 2 unspecified atom stereocenters. The zero-order chi connectivity index (χ0) is 11.4. The van der Waals surface area contributed by atoms with E-state index in [1.807, 2.05) is 0 Å². The molecule has 3 nitrogen and oxygen atoms in total. The summed E-state index contributed by atoms with van der Waals surface area (Å²) < 4.78 is 5.51. The highest BCUT2D eigenvalue weighted by Crippen LogP contribution is 2.24. The number of hydrogen-bond donors (Lipinski definition) is 1. The van der Waals surface area contributed by atoms with Gasteiger partial charge in [0, 0.05) is 12.8 Å². The molecule has 2 atom stereocenters. The van der Waals surface area contributed by atoms with E-state index in [-0.39, 0.29) is 0 Å². The monoisotopic (exact) mass is 241 g/mol. The molecule has 1 N–H and O–H groups in total. The fourth-order valence-electron chi connectivity index (χ4n) is 2.01. The van der Waals surface area contributed by atoms with Crippen molar-refractivity contribution in [3.05, 3.63) is 29.0 Å². The second-order valence-electron chi connectivity index (χ2n) is 4.14. The van der Waals surface area contributed by atoms with E-state index < -0.39 is 6.10 Å². The number of aliphatic hydroxyl groups is 1. The highest BCUT2D eigenvalue weighted by Gasteiger charge is 2.17. The summed E-state index contributed by atoms with van der Waals surface area (Å²) in [6.45, 7) is 0.863. The van der Waals surface area contributed by atoms with Crippen LogP contribution in [0.5, 0.6) is 0 Å². The lowest BCUT2D eigenvalue weighted by atomic mass is 10.0. The second kappa shape index (κ2) is 5.62. The van der Waals surface area contributed by atoms with Gasteiger partial charge in [0.2, 0.25) is 0 Å². The summed E-state index contributed by atoms with van der Waals surface area (Å²) in [7, 11) is 0. The number of nitrogens with zero attached hydrogens (tertiary/aromatic N) is 1. The molecule has 0 saturated carbocycles. The van der Waals surface area contributed by atoms with E-state index in [9.17, 15) is 5.11 Å². The van der Waals surface area contributed by atoms with E-state index in [1.54, 1.807) is 18.3 Å². The molecule has 1 aliphatic heterocycles. The smallest absolute Gasteiger partial charge is 0.129 e. The van der Waals surface area contributed by atoms with Gasteiger partial charge in [-0.2, -0.15) is 0 Å². The van der Waals surface area contributed by atoms with Crippen molar-refractivity contribution >= 4 is 11.6 Å². The van der Waals surface area contributed by atoms with Gasteiger partial charge in [-0.05, 0) is 43.4 Å². The fraction of sp³-hybridized carbons (Fsp3) is 0.583. The Morgan fingerprint density at radius 2 is 2.50 bits per heavy atom. The number of halogens is 1. The predicted molar refractivity (Wildman–Crippen MR) is 62.4 cm³/mol. The Balaban J connectivity index is 1.85. The zero-order valence-electron chi connectivity index (χ0n) is 9.10. The molecule has 1 saturated heterocycles. The minimum atomic E-state index is -0.468. The number of pyridine rings is 1. The highest BCUT2D eigenvalue weighted by molar-refractivity contribution is 6.29. The minimum absolute atomic E-state index is 0.326. The molecule has 0 radical (unpaired) electrons. The van der Waals surface area contributed by atoms with Crippen molar-refractivity contribution in [3.63, 3.8) is 0 Å². The SMILES string of the molecule is OC(CCC1CCCO1)c1ccnc(Cl)c1. The maximum atomic E-state index is 9.96. The lowest BCUT2D eigenvalue weighted by Crippen LogP contribution is -2.08. The first-order valence-electron chi connectivity index (χ1n) is 5.67. The van der Waals surface area contributed by atoms with Crippen LogP contribution >= 0.6 is 11.6 Å². The van der Waals surface area contributed by atoms with Crippen molar-refractivity contribution in [1.29, 1.82) is 0 Å². The van der Waals surface area contributed by atoms with Gasteiger partial charge < -0.3 is 9.84 Å². The zero-order valence-corrected chi connectivity index (χ0v) is 9.86. The summed E-state index contributed by atoms with van der Waals surface area (Å²) >= 11 is 5.77. The van der Waals surface area contributed by atoms with Crippen LogP contribution in [0.2, 0.25) is 5.15 Å².